The maximum Gasteiger partial charge on any atom is 0.0296 e. The fourth-order valence-electron chi connectivity index (χ4n) is 0.356. The van der Waals surface area contributed by atoms with Crippen LogP contribution < -0.4 is 0 Å². The highest BCUT2D eigenvalue weighted by Crippen LogP contribution is 1.94. The van der Waals surface area contributed by atoms with Gasteiger partial charge < -0.3 is 0 Å². The van der Waals surface area contributed by atoms with Crippen LogP contribution in [-0.4, -0.2) is 5.71 Å². The Labute approximate surface area is 63.2 Å². The van der Waals surface area contributed by atoms with Crippen LogP contribution in [0.5, 0.6) is 0 Å². The van der Waals surface area contributed by atoms with Crippen LogP contribution in [0.1, 0.15) is 27.2 Å². The van der Waals surface area contributed by atoms with Gasteiger partial charge in [-0.1, -0.05) is 19.6 Å². The molecular weight excluding hydrogens is 122 g/mol. The standard InChI is InChI=1S/C9H15N/c1-5-8(3)7-10-9(4)6-2/h5,7H,1,6H2,2-4H3/b8-7-,10-9-. The molecule has 1 heteroatoms. The van der Waals surface area contributed by atoms with Gasteiger partial charge in [-0.2, -0.15) is 0 Å². The highest BCUT2D eigenvalue weighted by molar-refractivity contribution is 5.82. The third kappa shape index (κ3) is 4.07. The van der Waals surface area contributed by atoms with Crippen LogP contribution in [-0.2, 0) is 0 Å². The summed E-state index contributed by atoms with van der Waals surface area (Å²) in [7, 11) is 0. The van der Waals surface area contributed by atoms with Gasteiger partial charge in [0.15, 0.2) is 0 Å². The first kappa shape index (κ1) is 9.15. The number of hydrogen-bond donors (Lipinski definition) is 0. The van der Waals surface area contributed by atoms with Crippen molar-refractivity contribution >= 4 is 5.71 Å². The van der Waals surface area contributed by atoms with Gasteiger partial charge >= 0.3 is 0 Å². The fourth-order valence-corrected chi connectivity index (χ4v) is 0.356. The van der Waals surface area contributed by atoms with Gasteiger partial charge in [0.25, 0.3) is 0 Å². The average Bonchev–Trinajstić information content (AvgIpc) is 1.99. The fraction of sp³-hybridized carbons (Fsp3) is 0.444. The maximum atomic E-state index is 4.20. The van der Waals surface area contributed by atoms with Gasteiger partial charge in [0, 0.05) is 11.9 Å². The van der Waals surface area contributed by atoms with E-state index in [4.69, 9.17) is 0 Å². The lowest BCUT2D eigenvalue weighted by molar-refractivity contribution is 1.25. The molecule has 0 saturated carbocycles. The first-order valence-electron chi connectivity index (χ1n) is 3.53. The Kier molecular flexibility index (Phi) is 4.55. The lowest BCUT2D eigenvalue weighted by atomic mass is 10.3. The van der Waals surface area contributed by atoms with Crippen LogP contribution in [0.2, 0.25) is 0 Å². The zero-order chi connectivity index (χ0) is 7.98. The van der Waals surface area contributed by atoms with E-state index >= 15 is 0 Å². The lowest BCUT2D eigenvalue weighted by Crippen LogP contribution is -1.84. The van der Waals surface area contributed by atoms with E-state index in [0.29, 0.717) is 0 Å². The predicted octanol–water partition coefficient (Wildman–Crippen LogP) is 2.95. The van der Waals surface area contributed by atoms with Crippen molar-refractivity contribution < 1.29 is 0 Å². The number of allylic oxidation sites excluding steroid dienone is 2. The van der Waals surface area contributed by atoms with Crippen LogP contribution in [0.25, 0.3) is 0 Å². The highest BCUT2D eigenvalue weighted by Gasteiger charge is 1.81. The van der Waals surface area contributed by atoms with E-state index in [1.807, 2.05) is 20.0 Å². The molecule has 0 bridgehead atoms. The molecule has 0 N–H and O–H groups in total. The molecule has 0 fully saturated rings. The van der Waals surface area contributed by atoms with E-state index in [1.54, 1.807) is 6.08 Å². The second-order valence-corrected chi connectivity index (χ2v) is 2.30. The molecule has 0 aliphatic rings. The van der Waals surface area contributed by atoms with Gasteiger partial charge in [-0.15, -0.1) is 0 Å². The molecule has 10 heavy (non-hydrogen) atoms. The van der Waals surface area contributed by atoms with Gasteiger partial charge in [0.05, 0.1) is 0 Å². The van der Waals surface area contributed by atoms with Crippen LogP contribution in [0.4, 0.5) is 0 Å². The van der Waals surface area contributed by atoms with Gasteiger partial charge in [0.2, 0.25) is 0 Å². The van der Waals surface area contributed by atoms with Crippen molar-refractivity contribution in [3.63, 3.8) is 0 Å². The van der Waals surface area contributed by atoms with Crippen molar-refractivity contribution in [2.45, 2.75) is 27.2 Å². The van der Waals surface area contributed by atoms with Crippen LogP contribution >= 0.6 is 0 Å². The van der Waals surface area contributed by atoms with E-state index in [9.17, 15) is 0 Å². The van der Waals surface area contributed by atoms with E-state index in [1.165, 1.54) is 0 Å². The van der Waals surface area contributed by atoms with Crippen molar-refractivity contribution in [3.8, 4) is 0 Å². The number of aliphatic imine (C=N–C) groups is 1. The Morgan fingerprint density at radius 2 is 2.10 bits per heavy atom. The summed E-state index contributed by atoms with van der Waals surface area (Å²) in [5.41, 5.74) is 2.26. The largest absolute Gasteiger partial charge is 0.266 e. The molecule has 0 aliphatic carbocycles. The molecule has 0 aliphatic heterocycles. The highest BCUT2D eigenvalue weighted by atomic mass is 14.7. The molecule has 0 heterocycles. The minimum Gasteiger partial charge on any atom is -0.266 e. The summed E-state index contributed by atoms with van der Waals surface area (Å²) in [6, 6.07) is 0. The molecule has 0 spiro atoms. The Bertz CT molecular complexity index is 164. The topological polar surface area (TPSA) is 12.4 Å². The van der Waals surface area contributed by atoms with E-state index in [-0.39, 0.29) is 0 Å². The summed E-state index contributed by atoms with van der Waals surface area (Å²) in [5.74, 6) is 0. The van der Waals surface area contributed by atoms with Gasteiger partial charge in [-0.3, -0.25) is 4.99 Å². The van der Waals surface area contributed by atoms with Crippen molar-refractivity contribution in [2.75, 3.05) is 0 Å². The lowest BCUT2D eigenvalue weighted by Gasteiger charge is -1.90. The smallest absolute Gasteiger partial charge is 0.0296 e. The van der Waals surface area contributed by atoms with Crippen molar-refractivity contribution in [2.24, 2.45) is 4.99 Å². The van der Waals surface area contributed by atoms with Crippen molar-refractivity contribution in [3.05, 3.63) is 24.4 Å². The molecule has 0 atom stereocenters. The third-order valence-electron chi connectivity index (χ3n) is 1.32. The Morgan fingerprint density at radius 1 is 1.50 bits per heavy atom. The van der Waals surface area contributed by atoms with Gasteiger partial charge in [-0.25, -0.2) is 0 Å². The summed E-state index contributed by atoms with van der Waals surface area (Å²) in [5, 5.41) is 0. The molecule has 0 aromatic rings. The Morgan fingerprint density at radius 3 is 2.50 bits per heavy atom. The molecule has 0 rings (SSSR count). The molecule has 0 radical (unpaired) electrons. The maximum absolute atomic E-state index is 4.20. The zero-order valence-corrected chi connectivity index (χ0v) is 7.02. The molecule has 0 saturated heterocycles. The SMILES string of the molecule is C=C/C(C)=C\N=C(\C)CC. The molecule has 0 aromatic heterocycles. The second kappa shape index (κ2) is 4.98. The predicted molar refractivity (Wildman–Crippen MR) is 47.4 cm³/mol. The van der Waals surface area contributed by atoms with Gasteiger partial charge in [0.1, 0.15) is 0 Å². The summed E-state index contributed by atoms with van der Waals surface area (Å²) in [6.45, 7) is 9.73. The summed E-state index contributed by atoms with van der Waals surface area (Å²) < 4.78 is 0. The summed E-state index contributed by atoms with van der Waals surface area (Å²) in [6.07, 6.45) is 4.65. The third-order valence-corrected chi connectivity index (χ3v) is 1.32. The average molecular weight is 137 g/mol. The molecule has 0 unspecified atom stereocenters. The Balaban J connectivity index is 4.03. The zero-order valence-electron chi connectivity index (χ0n) is 7.02. The molecular formula is C9H15N. The summed E-state index contributed by atoms with van der Waals surface area (Å²) in [4.78, 5) is 4.20. The second-order valence-electron chi connectivity index (χ2n) is 2.30. The minimum absolute atomic E-state index is 1.01. The molecule has 1 nitrogen and oxygen atoms in total. The first-order chi connectivity index (χ1) is 4.70. The van der Waals surface area contributed by atoms with E-state index < -0.39 is 0 Å². The monoisotopic (exact) mass is 137 g/mol. The molecule has 0 amide bonds. The number of rotatable bonds is 3. The minimum atomic E-state index is 1.01. The number of hydrogen-bond acceptors (Lipinski definition) is 1. The quantitative estimate of drug-likeness (QED) is 0.419. The Hall–Kier alpha value is -0.850. The van der Waals surface area contributed by atoms with E-state index in [0.717, 1.165) is 17.7 Å². The first-order valence-corrected chi connectivity index (χ1v) is 3.53. The van der Waals surface area contributed by atoms with Crippen molar-refractivity contribution in [1.82, 2.24) is 0 Å². The van der Waals surface area contributed by atoms with Crippen molar-refractivity contribution in [1.29, 1.82) is 0 Å². The van der Waals surface area contributed by atoms with Gasteiger partial charge in [-0.05, 0) is 25.8 Å². The molecule has 56 valence electrons. The number of nitrogens with zero attached hydrogens (tertiary/aromatic N) is 1. The molecule has 0 aromatic carbocycles. The van der Waals surface area contributed by atoms with E-state index in [2.05, 4.69) is 18.5 Å². The van der Waals surface area contributed by atoms with Crippen LogP contribution in [0.3, 0.4) is 0 Å². The normalized spacial score (nSPS) is 13.5. The van der Waals surface area contributed by atoms with Crippen LogP contribution in [0, 0.1) is 0 Å². The van der Waals surface area contributed by atoms with Crippen LogP contribution in [0.15, 0.2) is 29.4 Å². The summed E-state index contributed by atoms with van der Waals surface area (Å²) >= 11 is 0.